The Labute approximate surface area is 155 Å². The predicted molar refractivity (Wildman–Crippen MR) is 100 cm³/mol. The highest BCUT2D eigenvalue weighted by Crippen LogP contribution is 2.35. The van der Waals surface area contributed by atoms with Gasteiger partial charge in [-0.25, -0.2) is 9.59 Å². The van der Waals surface area contributed by atoms with E-state index in [1.54, 1.807) is 4.90 Å². The molecule has 2 aliphatic rings. The third-order valence-electron chi connectivity index (χ3n) is 5.39. The van der Waals surface area contributed by atoms with Crippen LogP contribution in [-0.4, -0.2) is 58.6 Å². The van der Waals surface area contributed by atoms with Gasteiger partial charge in [-0.1, -0.05) is 45.0 Å². The summed E-state index contributed by atoms with van der Waals surface area (Å²) in [5.41, 5.74) is 1.75. The summed E-state index contributed by atoms with van der Waals surface area (Å²) < 4.78 is 0. The van der Waals surface area contributed by atoms with E-state index in [9.17, 15) is 14.7 Å². The molecule has 0 atom stereocenters. The van der Waals surface area contributed by atoms with Crippen LogP contribution < -0.4 is 5.32 Å². The zero-order valence-corrected chi connectivity index (χ0v) is 15.9. The van der Waals surface area contributed by atoms with Gasteiger partial charge in [0.15, 0.2) is 0 Å². The van der Waals surface area contributed by atoms with Crippen molar-refractivity contribution in [3.05, 3.63) is 35.4 Å². The molecule has 2 amide bonds. The number of hydrogen-bond acceptors (Lipinski definition) is 3. The quantitative estimate of drug-likeness (QED) is 0.866. The summed E-state index contributed by atoms with van der Waals surface area (Å²) >= 11 is 0. The molecule has 1 saturated heterocycles. The molecule has 0 aromatic heterocycles. The largest absolute Gasteiger partial charge is 0.480 e. The Hall–Kier alpha value is -2.08. The highest BCUT2D eigenvalue weighted by molar-refractivity contribution is 5.89. The van der Waals surface area contributed by atoms with Gasteiger partial charge in [0.05, 0.1) is 0 Å². The van der Waals surface area contributed by atoms with Crippen LogP contribution in [0.3, 0.4) is 0 Å². The molecule has 0 spiro atoms. The maximum absolute atomic E-state index is 12.3. The Morgan fingerprint density at radius 1 is 1.08 bits per heavy atom. The van der Waals surface area contributed by atoms with Crippen molar-refractivity contribution in [3.8, 4) is 0 Å². The third-order valence-corrected chi connectivity index (χ3v) is 5.39. The Balaban J connectivity index is 1.48. The molecule has 0 radical (unpaired) electrons. The number of aliphatic carboxylic acids is 1. The summed E-state index contributed by atoms with van der Waals surface area (Å²) in [5, 5.41) is 11.9. The Kier molecular flexibility index (Phi) is 4.97. The number of carbonyl (C=O) groups excluding carboxylic acids is 1. The van der Waals surface area contributed by atoms with Crippen molar-refractivity contribution in [2.45, 2.75) is 51.1 Å². The molecule has 1 aromatic rings. The van der Waals surface area contributed by atoms with E-state index in [0.29, 0.717) is 25.9 Å². The number of piperazine rings is 1. The van der Waals surface area contributed by atoms with Gasteiger partial charge in [0.25, 0.3) is 0 Å². The van der Waals surface area contributed by atoms with Crippen LogP contribution in [0.1, 0.15) is 44.7 Å². The molecule has 6 heteroatoms. The molecule has 1 saturated carbocycles. The number of rotatable bonds is 4. The lowest BCUT2D eigenvalue weighted by molar-refractivity contribution is -0.140. The second kappa shape index (κ2) is 6.91. The first kappa shape index (κ1) is 18.7. The minimum atomic E-state index is -1.01. The van der Waals surface area contributed by atoms with Crippen molar-refractivity contribution < 1.29 is 14.7 Å². The van der Waals surface area contributed by atoms with Crippen molar-refractivity contribution in [2.75, 3.05) is 26.2 Å². The molecular weight excluding hydrogens is 330 g/mol. The number of amides is 2. The zero-order valence-electron chi connectivity index (χ0n) is 15.9. The summed E-state index contributed by atoms with van der Waals surface area (Å²) in [6, 6.07) is 8.51. The fraction of sp³-hybridized carbons (Fsp3) is 0.600. The van der Waals surface area contributed by atoms with E-state index in [2.05, 4.69) is 55.3 Å². The van der Waals surface area contributed by atoms with Crippen LogP contribution in [0.4, 0.5) is 4.79 Å². The van der Waals surface area contributed by atoms with Crippen molar-refractivity contribution in [3.63, 3.8) is 0 Å². The molecule has 0 bridgehead atoms. The lowest BCUT2D eigenvalue weighted by Gasteiger charge is -2.35. The van der Waals surface area contributed by atoms with E-state index >= 15 is 0 Å². The molecule has 26 heavy (non-hydrogen) atoms. The Morgan fingerprint density at radius 2 is 1.65 bits per heavy atom. The van der Waals surface area contributed by atoms with Crippen LogP contribution in [0.15, 0.2) is 24.3 Å². The van der Waals surface area contributed by atoms with Crippen molar-refractivity contribution >= 4 is 12.0 Å². The van der Waals surface area contributed by atoms with Gasteiger partial charge in [0, 0.05) is 32.7 Å². The first-order chi connectivity index (χ1) is 12.2. The Bertz CT molecular complexity index is 667. The van der Waals surface area contributed by atoms with Gasteiger partial charge >= 0.3 is 12.0 Å². The number of carbonyl (C=O) groups is 2. The fourth-order valence-electron chi connectivity index (χ4n) is 3.28. The van der Waals surface area contributed by atoms with Crippen molar-refractivity contribution in [2.24, 2.45) is 0 Å². The van der Waals surface area contributed by atoms with E-state index in [0.717, 1.165) is 19.6 Å². The molecule has 0 unspecified atom stereocenters. The minimum absolute atomic E-state index is 0.159. The molecular formula is C20H29N3O3. The molecule has 3 rings (SSSR count). The molecule has 1 heterocycles. The summed E-state index contributed by atoms with van der Waals surface area (Å²) in [6.45, 7) is 10.4. The van der Waals surface area contributed by atoms with Crippen LogP contribution in [0.25, 0.3) is 0 Å². The third kappa shape index (κ3) is 4.18. The van der Waals surface area contributed by atoms with Crippen molar-refractivity contribution in [1.29, 1.82) is 0 Å². The van der Waals surface area contributed by atoms with Gasteiger partial charge in [0.1, 0.15) is 5.54 Å². The fourth-order valence-corrected chi connectivity index (χ4v) is 3.28. The molecule has 1 aliphatic carbocycles. The van der Waals surface area contributed by atoms with Crippen LogP contribution in [-0.2, 0) is 16.8 Å². The van der Waals surface area contributed by atoms with Crippen LogP contribution in [0.2, 0.25) is 0 Å². The predicted octanol–water partition coefficient (Wildman–Crippen LogP) is 2.43. The normalized spacial score (nSPS) is 19.9. The molecule has 2 N–H and O–H groups in total. The van der Waals surface area contributed by atoms with Crippen molar-refractivity contribution in [1.82, 2.24) is 15.1 Å². The number of benzene rings is 1. The highest BCUT2D eigenvalue weighted by Gasteiger charge is 2.52. The summed E-state index contributed by atoms with van der Waals surface area (Å²) in [7, 11) is 0. The van der Waals surface area contributed by atoms with Crippen LogP contribution >= 0.6 is 0 Å². The van der Waals surface area contributed by atoms with E-state index in [4.69, 9.17) is 0 Å². The van der Waals surface area contributed by atoms with E-state index in [1.165, 1.54) is 11.1 Å². The van der Waals surface area contributed by atoms with Gasteiger partial charge in [-0.3, -0.25) is 4.90 Å². The van der Waals surface area contributed by atoms with E-state index < -0.39 is 11.5 Å². The second-order valence-electron chi connectivity index (χ2n) is 8.53. The molecule has 2 fully saturated rings. The second-order valence-corrected chi connectivity index (χ2v) is 8.53. The topological polar surface area (TPSA) is 72.9 Å². The van der Waals surface area contributed by atoms with Gasteiger partial charge in [-0.15, -0.1) is 0 Å². The number of nitrogens with one attached hydrogen (secondary N) is 1. The maximum Gasteiger partial charge on any atom is 0.329 e. The van der Waals surface area contributed by atoms with Crippen LogP contribution in [0.5, 0.6) is 0 Å². The average Bonchev–Trinajstić information content (AvgIpc) is 3.36. The molecule has 1 aliphatic heterocycles. The SMILES string of the molecule is CC(C)(C)c1ccc(CN2CCN(C(=O)NC3(C(=O)O)CC3)CC2)cc1. The standard InChI is InChI=1S/C20H29N3O3/c1-19(2,3)16-6-4-15(5-7-16)14-22-10-12-23(13-11-22)18(26)21-20(8-9-20)17(24)25/h4-7H,8-14H2,1-3H3,(H,21,26)(H,24,25). The molecule has 6 nitrogen and oxygen atoms in total. The monoisotopic (exact) mass is 359 g/mol. The zero-order chi connectivity index (χ0) is 18.9. The number of hydrogen-bond donors (Lipinski definition) is 2. The lowest BCUT2D eigenvalue weighted by atomic mass is 9.87. The van der Waals surface area contributed by atoms with Gasteiger partial charge in [-0.05, 0) is 29.4 Å². The van der Waals surface area contributed by atoms with Gasteiger partial charge < -0.3 is 15.3 Å². The van der Waals surface area contributed by atoms with Gasteiger partial charge in [-0.2, -0.15) is 0 Å². The Morgan fingerprint density at radius 3 is 2.12 bits per heavy atom. The lowest BCUT2D eigenvalue weighted by Crippen LogP contribution is -2.55. The van der Waals surface area contributed by atoms with Gasteiger partial charge in [0.2, 0.25) is 0 Å². The van der Waals surface area contributed by atoms with E-state index in [-0.39, 0.29) is 11.4 Å². The summed E-state index contributed by atoms with van der Waals surface area (Å²) in [5.74, 6) is -0.928. The number of carboxylic acids is 1. The highest BCUT2D eigenvalue weighted by atomic mass is 16.4. The summed E-state index contributed by atoms with van der Waals surface area (Å²) in [4.78, 5) is 27.5. The number of nitrogens with zero attached hydrogens (tertiary/aromatic N) is 2. The molecule has 142 valence electrons. The van der Waals surface area contributed by atoms with Crippen LogP contribution in [0, 0.1) is 0 Å². The smallest absolute Gasteiger partial charge is 0.329 e. The summed E-state index contributed by atoms with van der Waals surface area (Å²) in [6.07, 6.45) is 1.05. The molecule has 1 aromatic carbocycles. The first-order valence-corrected chi connectivity index (χ1v) is 9.32. The minimum Gasteiger partial charge on any atom is -0.480 e. The number of carboxylic acid groups (broad SMARTS) is 1. The first-order valence-electron chi connectivity index (χ1n) is 9.32. The number of urea groups is 1. The average molecular weight is 359 g/mol. The maximum atomic E-state index is 12.3. The van der Waals surface area contributed by atoms with E-state index in [1.807, 2.05) is 0 Å².